The molecule has 2 aliphatic heterocycles. The topological polar surface area (TPSA) is 47.9 Å². The fourth-order valence-electron chi connectivity index (χ4n) is 3.53. The van der Waals surface area contributed by atoms with Crippen LogP contribution in [0.1, 0.15) is 58.8 Å². The van der Waals surface area contributed by atoms with Crippen LogP contribution in [-0.4, -0.2) is 60.9 Å². The van der Waals surface area contributed by atoms with E-state index in [1.54, 1.807) is 0 Å². The van der Waals surface area contributed by atoms with Crippen LogP contribution in [0, 0.1) is 5.92 Å². The van der Waals surface area contributed by atoms with Gasteiger partial charge < -0.3 is 15.1 Å². The van der Waals surface area contributed by atoms with Crippen LogP contribution in [-0.2, 0) is 4.79 Å². The molecule has 5 heteroatoms. The number of nitrogens with one attached hydrogen (secondary N) is 1. The van der Waals surface area contributed by atoms with E-state index in [9.17, 15) is 4.79 Å². The van der Waals surface area contributed by atoms with Gasteiger partial charge >= 0.3 is 0 Å². The molecule has 0 bridgehead atoms. The Labute approximate surface area is 141 Å². The summed E-state index contributed by atoms with van der Waals surface area (Å²) in [5.41, 5.74) is 0. The molecular formula is C18H34N4O. The van der Waals surface area contributed by atoms with E-state index in [0.717, 1.165) is 76.8 Å². The first kappa shape index (κ1) is 18.1. The number of aliphatic imine (C=N–C) groups is 1. The van der Waals surface area contributed by atoms with Gasteiger partial charge in [-0.25, -0.2) is 0 Å². The number of nitrogens with zero attached hydrogens (tertiary/aromatic N) is 3. The normalized spacial score (nSPS) is 23.8. The minimum atomic E-state index is 0.336. The minimum Gasteiger partial charge on any atom is -0.357 e. The second-order valence-electron chi connectivity index (χ2n) is 6.97. The van der Waals surface area contributed by atoms with Crippen LogP contribution in [0.3, 0.4) is 0 Å². The summed E-state index contributed by atoms with van der Waals surface area (Å²) in [5.74, 6) is 2.15. The minimum absolute atomic E-state index is 0.336. The summed E-state index contributed by atoms with van der Waals surface area (Å²) >= 11 is 0. The summed E-state index contributed by atoms with van der Waals surface area (Å²) < 4.78 is 0. The van der Waals surface area contributed by atoms with Crippen molar-refractivity contribution in [2.75, 3.05) is 39.3 Å². The van der Waals surface area contributed by atoms with Gasteiger partial charge in [-0.3, -0.25) is 9.79 Å². The molecule has 2 aliphatic rings. The maximum atomic E-state index is 12.0. The lowest BCUT2D eigenvalue weighted by Crippen LogP contribution is -2.46. The van der Waals surface area contributed by atoms with Gasteiger partial charge in [0, 0.05) is 45.7 Å². The molecule has 0 saturated carbocycles. The molecule has 132 valence electrons. The van der Waals surface area contributed by atoms with Crippen LogP contribution in [0.5, 0.6) is 0 Å². The first-order valence-corrected chi connectivity index (χ1v) is 9.51. The van der Waals surface area contributed by atoms with Gasteiger partial charge in [-0.2, -0.15) is 0 Å². The Bertz CT molecular complexity index is 396. The Morgan fingerprint density at radius 2 is 2.13 bits per heavy atom. The molecule has 0 radical (unpaired) electrons. The van der Waals surface area contributed by atoms with Crippen LogP contribution in [0.2, 0.25) is 0 Å². The number of carbonyl (C=O) groups is 1. The number of hydrogen-bond acceptors (Lipinski definition) is 2. The van der Waals surface area contributed by atoms with Crippen LogP contribution in [0.4, 0.5) is 0 Å². The maximum Gasteiger partial charge on any atom is 0.222 e. The second-order valence-corrected chi connectivity index (χ2v) is 6.97. The zero-order valence-electron chi connectivity index (χ0n) is 15.0. The number of carbonyl (C=O) groups excluding carboxylic acids is 1. The van der Waals surface area contributed by atoms with Crippen molar-refractivity contribution in [3.8, 4) is 0 Å². The number of rotatable bonds is 5. The van der Waals surface area contributed by atoms with Crippen molar-refractivity contribution in [3.05, 3.63) is 0 Å². The van der Waals surface area contributed by atoms with Crippen molar-refractivity contribution in [1.29, 1.82) is 0 Å². The highest BCUT2D eigenvalue weighted by Crippen LogP contribution is 2.15. The molecule has 1 amide bonds. The molecule has 0 aromatic rings. The van der Waals surface area contributed by atoms with Crippen LogP contribution in [0.15, 0.2) is 4.99 Å². The quantitative estimate of drug-likeness (QED) is 0.480. The molecule has 2 rings (SSSR count). The molecule has 1 atom stereocenters. The number of amides is 1. The van der Waals surface area contributed by atoms with E-state index in [1.165, 1.54) is 19.3 Å². The molecule has 0 aromatic carbocycles. The van der Waals surface area contributed by atoms with Crippen molar-refractivity contribution < 1.29 is 4.79 Å². The summed E-state index contributed by atoms with van der Waals surface area (Å²) in [4.78, 5) is 21.2. The number of guanidine groups is 1. The predicted octanol–water partition coefficient (Wildman–Crippen LogP) is 2.48. The Hall–Kier alpha value is -1.26. The Morgan fingerprint density at radius 3 is 2.91 bits per heavy atom. The van der Waals surface area contributed by atoms with Crippen LogP contribution < -0.4 is 5.32 Å². The predicted molar refractivity (Wildman–Crippen MR) is 95.6 cm³/mol. The second kappa shape index (κ2) is 9.78. The summed E-state index contributed by atoms with van der Waals surface area (Å²) in [6.07, 6.45) is 7.69. The number of likely N-dealkylation sites (tertiary alicyclic amines) is 2. The van der Waals surface area contributed by atoms with E-state index >= 15 is 0 Å². The van der Waals surface area contributed by atoms with Gasteiger partial charge in [0.25, 0.3) is 0 Å². The van der Waals surface area contributed by atoms with Crippen molar-refractivity contribution in [2.24, 2.45) is 10.9 Å². The van der Waals surface area contributed by atoms with Crippen molar-refractivity contribution in [1.82, 2.24) is 15.1 Å². The first-order chi connectivity index (χ1) is 11.2. The third-order valence-corrected chi connectivity index (χ3v) is 4.81. The standard InChI is InChI=1S/C18H34N4O/c1-3-19-18(22-13-7-9-16(2)15-22)20-11-8-14-21-12-6-4-5-10-17(21)23/h16H,3-15H2,1-2H3,(H,19,20). The Balaban J connectivity index is 1.79. The van der Waals surface area contributed by atoms with Crippen LogP contribution >= 0.6 is 0 Å². The molecule has 0 spiro atoms. The van der Waals surface area contributed by atoms with E-state index in [4.69, 9.17) is 4.99 Å². The maximum absolute atomic E-state index is 12.0. The third kappa shape index (κ3) is 6.04. The molecular weight excluding hydrogens is 288 g/mol. The Morgan fingerprint density at radius 1 is 1.26 bits per heavy atom. The lowest BCUT2D eigenvalue weighted by molar-refractivity contribution is -0.130. The first-order valence-electron chi connectivity index (χ1n) is 9.51. The van der Waals surface area contributed by atoms with E-state index in [2.05, 4.69) is 24.1 Å². The highest BCUT2D eigenvalue weighted by Gasteiger charge is 2.19. The number of piperidine rings is 1. The van der Waals surface area contributed by atoms with Crippen molar-refractivity contribution in [3.63, 3.8) is 0 Å². The van der Waals surface area contributed by atoms with Crippen molar-refractivity contribution in [2.45, 2.75) is 58.8 Å². The Kier molecular flexibility index (Phi) is 7.69. The van der Waals surface area contributed by atoms with Gasteiger partial charge in [0.15, 0.2) is 5.96 Å². The molecule has 23 heavy (non-hydrogen) atoms. The summed E-state index contributed by atoms with van der Waals surface area (Å²) in [6, 6.07) is 0. The molecule has 2 fully saturated rings. The van der Waals surface area contributed by atoms with Gasteiger partial charge in [0.1, 0.15) is 0 Å². The van der Waals surface area contributed by atoms with Gasteiger partial charge in [0.2, 0.25) is 5.91 Å². The van der Waals surface area contributed by atoms with Crippen LogP contribution in [0.25, 0.3) is 0 Å². The van der Waals surface area contributed by atoms with Crippen molar-refractivity contribution >= 4 is 11.9 Å². The summed E-state index contributed by atoms with van der Waals surface area (Å²) in [6.45, 7) is 10.2. The molecule has 5 nitrogen and oxygen atoms in total. The zero-order valence-corrected chi connectivity index (χ0v) is 15.0. The van der Waals surface area contributed by atoms with Gasteiger partial charge in [-0.15, -0.1) is 0 Å². The lowest BCUT2D eigenvalue weighted by Gasteiger charge is -2.33. The largest absolute Gasteiger partial charge is 0.357 e. The fraction of sp³-hybridized carbons (Fsp3) is 0.889. The smallest absolute Gasteiger partial charge is 0.222 e. The molecule has 1 unspecified atom stereocenters. The molecule has 2 saturated heterocycles. The molecule has 0 aromatic heterocycles. The monoisotopic (exact) mass is 322 g/mol. The summed E-state index contributed by atoms with van der Waals surface area (Å²) in [5, 5.41) is 3.43. The van der Waals surface area contributed by atoms with E-state index < -0.39 is 0 Å². The van der Waals surface area contributed by atoms with Gasteiger partial charge in [-0.1, -0.05) is 13.3 Å². The molecule has 2 heterocycles. The third-order valence-electron chi connectivity index (χ3n) is 4.81. The number of hydrogen-bond donors (Lipinski definition) is 1. The fourth-order valence-corrected chi connectivity index (χ4v) is 3.53. The van der Waals surface area contributed by atoms with E-state index in [1.807, 2.05) is 4.90 Å². The van der Waals surface area contributed by atoms with E-state index in [-0.39, 0.29) is 0 Å². The van der Waals surface area contributed by atoms with E-state index in [0.29, 0.717) is 5.91 Å². The molecule has 1 N–H and O–H groups in total. The molecule has 0 aliphatic carbocycles. The summed E-state index contributed by atoms with van der Waals surface area (Å²) in [7, 11) is 0. The van der Waals surface area contributed by atoms with Gasteiger partial charge in [0.05, 0.1) is 0 Å². The average molecular weight is 322 g/mol. The lowest BCUT2D eigenvalue weighted by atomic mass is 10.0. The zero-order chi connectivity index (χ0) is 16.5. The average Bonchev–Trinajstić information content (AvgIpc) is 2.75. The highest BCUT2D eigenvalue weighted by atomic mass is 16.2. The SMILES string of the molecule is CCNC(=NCCCN1CCCCCC1=O)N1CCCC(C)C1. The van der Waals surface area contributed by atoms with Gasteiger partial charge in [-0.05, 0) is 44.9 Å². The highest BCUT2D eigenvalue weighted by molar-refractivity contribution is 5.80.